The van der Waals surface area contributed by atoms with E-state index in [0.29, 0.717) is 13.1 Å². The summed E-state index contributed by atoms with van der Waals surface area (Å²) in [5.41, 5.74) is 2.63. The van der Waals surface area contributed by atoms with Gasteiger partial charge in [-0.2, -0.15) is 0 Å². The van der Waals surface area contributed by atoms with Crippen LogP contribution in [0.5, 0.6) is 0 Å². The third-order valence-corrected chi connectivity index (χ3v) is 5.07. The van der Waals surface area contributed by atoms with Gasteiger partial charge in [0, 0.05) is 17.6 Å². The number of amides is 1. The van der Waals surface area contributed by atoms with Gasteiger partial charge in [-0.1, -0.05) is 21.1 Å². The molecule has 0 N–H and O–H groups in total. The summed E-state index contributed by atoms with van der Waals surface area (Å²) < 4.78 is 8.50. The molecule has 1 fully saturated rings. The zero-order valence-corrected chi connectivity index (χ0v) is 16.1. The lowest BCUT2D eigenvalue weighted by Crippen LogP contribution is -2.42. The number of hydrogen-bond donors (Lipinski definition) is 0. The average molecular weight is 395 g/mol. The topological polar surface area (TPSA) is 60.2 Å². The first-order valence-corrected chi connectivity index (χ1v) is 9.03. The Labute approximate surface area is 150 Å². The molecule has 1 aromatic heterocycles. The number of likely N-dealkylation sites (tertiary alicyclic amines) is 1. The van der Waals surface area contributed by atoms with E-state index >= 15 is 0 Å². The van der Waals surface area contributed by atoms with Crippen molar-refractivity contribution in [3.63, 3.8) is 0 Å². The van der Waals surface area contributed by atoms with E-state index in [2.05, 4.69) is 32.3 Å². The number of ether oxygens (including phenoxy) is 1. The third kappa shape index (κ3) is 3.55. The minimum atomic E-state index is -0.458. The molecule has 6 nitrogen and oxygen atoms in total. The molecule has 0 spiro atoms. The van der Waals surface area contributed by atoms with Crippen molar-refractivity contribution in [1.82, 2.24) is 19.9 Å². The molecular weight excluding hydrogens is 372 g/mol. The van der Waals surface area contributed by atoms with Crippen molar-refractivity contribution in [3.05, 3.63) is 22.2 Å². The van der Waals surface area contributed by atoms with Crippen molar-refractivity contribution in [2.45, 2.75) is 52.2 Å². The Morgan fingerprint density at radius 2 is 1.96 bits per heavy atom. The maximum Gasteiger partial charge on any atom is 0.410 e. The molecule has 0 unspecified atom stereocenters. The van der Waals surface area contributed by atoms with Gasteiger partial charge >= 0.3 is 6.09 Å². The van der Waals surface area contributed by atoms with E-state index in [4.69, 9.17) is 4.74 Å². The number of aryl methyl sites for hydroxylation is 1. The number of rotatable bonds is 1. The van der Waals surface area contributed by atoms with Crippen LogP contribution in [0.3, 0.4) is 0 Å². The summed E-state index contributed by atoms with van der Waals surface area (Å²) in [6.07, 6.45) is 1.47. The van der Waals surface area contributed by atoms with Gasteiger partial charge in [0.15, 0.2) is 0 Å². The second-order valence-corrected chi connectivity index (χ2v) is 8.18. The number of fused-ring (bicyclic) bond motifs is 1. The Kier molecular flexibility index (Phi) is 4.55. The zero-order chi connectivity index (χ0) is 17.5. The van der Waals surface area contributed by atoms with Gasteiger partial charge in [-0.15, -0.1) is 5.10 Å². The molecule has 0 aliphatic carbocycles. The van der Waals surface area contributed by atoms with Gasteiger partial charge in [0.1, 0.15) is 11.1 Å². The Morgan fingerprint density at radius 1 is 1.29 bits per heavy atom. The second kappa shape index (κ2) is 6.35. The van der Waals surface area contributed by atoms with Crippen LogP contribution < -0.4 is 0 Å². The fourth-order valence-corrected chi connectivity index (χ4v) is 3.28. The number of aromatic nitrogens is 3. The van der Waals surface area contributed by atoms with E-state index in [1.807, 2.05) is 38.4 Å². The molecule has 24 heavy (non-hydrogen) atoms. The van der Waals surface area contributed by atoms with Crippen LogP contribution in [-0.4, -0.2) is 44.7 Å². The van der Waals surface area contributed by atoms with E-state index in [-0.39, 0.29) is 12.1 Å². The molecule has 7 heteroatoms. The van der Waals surface area contributed by atoms with Gasteiger partial charge < -0.3 is 9.64 Å². The van der Waals surface area contributed by atoms with Crippen LogP contribution >= 0.6 is 15.9 Å². The van der Waals surface area contributed by atoms with Crippen molar-refractivity contribution < 1.29 is 9.53 Å². The molecule has 0 saturated carbocycles. The number of carbonyl (C=O) groups excluding carboxylic acids is 1. The normalized spacial score (nSPS) is 16.6. The predicted octanol–water partition coefficient (Wildman–Crippen LogP) is 4.07. The lowest BCUT2D eigenvalue weighted by molar-refractivity contribution is 0.0185. The monoisotopic (exact) mass is 394 g/mol. The first-order chi connectivity index (χ1) is 11.2. The quantitative estimate of drug-likeness (QED) is 0.730. The summed E-state index contributed by atoms with van der Waals surface area (Å²) in [4.78, 5) is 13.9. The summed E-state index contributed by atoms with van der Waals surface area (Å²) in [5, 5.41) is 8.63. The maximum atomic E-state index is 12.2. The minimum absolute atomic E-state index is 0.234. The predicted molar refractivity (Wildman–Crippen MR) is 96.0 cm³/mol. The average Bonchev–Trinajstić information content (AvgIpc) is 2.89. The Bertz CT molecular complexity index is 758. The van der Waals surface area contributed by atoms with E-state index < -0.39 is 5.60 Å². The molecule has 1 saturated heterocycles. The van der Waals surface area contributed by atoms with Crippen LogP contribution in [0.1, 0.15) is 45.2 Å². The summed E-state index contributed by atoms with van der Waals surface area (Å²) >= 11 is 3.58. The Hall–Kier alpha value is -1.63. The fourth-order valence-electron chi connectivity index (χ4n) is 2.95. The standard InChI is InChI=1S/C17H23BrN4O2/c1-11-9-14-15(10-13(11)18)22(20-19-14)12-5-7-21(8-6-12)16(23)24-17(2,3)4/h9-10,12H,5-8H2,1-4H3. The number of carbonyl (C=O) groups is 1. The van der Waals surface area contributed by atoms with Crippen molar-refractivity contribution in [2.75, 3.05) is 13.1 Å². The van der Waals surface area contributed by atoms with Gasteiger partial charge in [-0.25, -0.2) is 9.48 Å². The highest BCUT2D eigenvalue weighted by atomic mass is 79.9. The van der Waals surface area contributed by atoms with Gasteiger partial charge in [0.05, 0.1) is 11.6 Å². The number of halogens is 1. The van der Waals surface area contributed by atoms with Crippen LogP contribution in [0.25, 0.3) is 11.0 Å². The molecule has 2 aromatic rings. The van der Waals surface area contributed by atoms with Crippen molar-refractivity contribution in [2.24, 2.45) is 0 Å². The summed E-state index contributed by atoms with van der Waals surface area (Å²) in [5.74, 6) is 0. The molecule has 3 rings (SSSR count). The van der Waals surface area contributed by atoms with Crippen LogP contribution in [0.2, 0.25) is 0 Å². The molecule has 1 aliphatic rings. The third-order valence-electron chi connectivity index (χ3n) is 4.21. The first-order valence-electron chi connectivity index (χ1n) is 8.23. The number of hydrogen-bond acceptors (Lipinski definition) is 4. The van der Waals surface area contributed by atoms with Crippen molar-refractivity contribution in [3.8, 4) is 0 Å². The summed E-state index contributed by atoms with van der Waals surface area (Å²) in [6.45, 7) is 9.06. The fraction of sp³-hybridized carbons (Fsp3) is 0.588. The number of nitrogens with zero attached hydrogens (tertiary/aromatic N) is 4. The highest BCUT2D eigenvalue weighted by molar-refractivity contribution is 9.10. The smallest absolute Gasteiger partial charge is 0.410 e. The van der Waals surface area contributed by atoms with Crippen LogP contribution in [0.15, 0.2) is 16.6 Å². The molecule has 0 radical (unpaired) electrons. The minimum Gasteiger partial charge on any atom is -0.444 e. The number of piperidine rings is 1. The summed E-state index contributed by atoms with van der Waals surface area (Å²) in [6, 6.07) is 4.37. The molecular formula is C17H23BrN4O2. The molecule has 0 atom stereocenters. The van der Waals surface area contributed by atoms with E-state index in [1.165, 1.54) is 0 Å². The molecule has 1 aromatic carbocycles. The number of benzene rings is 1. The van der Waals surface area contributed by atoms with Gasteiger partial charge in [0.2, 0.25) is 0 Å². The highest BCUT2D eigenvalue weighted by Crippen LogP contribution is 2.29. The van der Waals surface area contributed by atoms with Gasteiger partial charge in [-0.3, -0.25) is 0 Å². The van der Waals surface area contributed by atoms with Gasteiger partial charge in [-0.05, 0) is 58.2 Å². The lowest BCUT2D eigenvalue weighted by Gasteiger charge is -2.33. The molecule has 130 valence electrons. The first kappa shape index (κ1) is 17.2. The maximum absolute atomic E-state index is 12.2. The van der Waals surface area contributed by atoms with E-state index in [0.717, 1.165) is 33.9 Å². The molecule has 2 heterocycles. The van der Waals surface area contributed by atoms with Crippen molar-refractivity contribution in [1.29, 1.82) is 0 Å². The lowest BCUT2D eigenvalue weighted by atomic mass is 10.1. The zero-order valence-electron chi connectivity index (χ0n) is 14.5. The highest BCUT2D eigenvalue weighted by Gasteiger charge is 2.28. The Morgan fingerprint density at radius 3 is 2.58 bits per heavy atom. The van der Waals surface area contributed by atoms with Crippen LogP contribution in [-0.2, 0) is 4.74 Å². The van der Waals surface area contributed by atoms with E-state index in [1.54, 1.807) is 4.90 Å². The molecule has 0 bridgehead atoms. The summed E-state index contributed by atoms with van der Waals surface area (Å²) in [7, 11) is 0. The van der Waals surface area contributed by atoms with Gasteiger partial charge in [0.25, 0.3) is 0 Å². The molecule has 1 aliphatic heterocycles. The molecule has 1 amide bonds. The van der Waals surface area contributed by atoms with Crippen LogP contribution in [0, 0.1) is 6.92 Å². The second-order valence-electron chi connectivity index (χ2n) is 7.32. The Balaban J connectivity index is 1.71. The van der Waals surface area contributed by atoms with Crippen molar-refractivity contribution >= 4 is 33.1 Å². The van der Waals surface area contributed by atoms with E-state index in [9.17, 15) is 4.79 Å². The van der Waals surface area contributed by atoms with Crippen LogP contribution in [0.4, 0.5) is 4.79 Å². The largest absolute Gasteiger partial charge is 0.444 e. The SMILES string of the molecule is Cc1cc2nnn(C3CCN(C(=O)OC(C)(C)C)CC3)c2cc1Br.